The number of hydrogen-bond donors (Lipinski definition) is 1. The number of carbonyl (C=O) groups is 2. The fourth-order valence-corrected chi connectivity index (χ4v) is 5.29. The summed E-state index contributed by atoms with van der Waals surface area (Å²) in [5.41, 5.74) is 0.00347. The van der Waals surface area contributed by atoms with Crippen LogP contribution in [0.5, 0.6) is 0 Å². The van der Waals surface area contributed by atoms with E-state index in [1.807, 2.05) is 4.90 Å². The average molecular weight is 361 g/mol. The van der Waals surface area contributed by atoms with Crippen molar-refractivity contribution in [1.29, 1.82) is 5.26 Å². The number of fused-ring (bicyclic) bond motifs is 1. The SMILES string of the molecule is CN(C)C(=O)N1C[C@@H]2C[C@](C)(NCC(=O)N3CCCC3C#N)C[C@]2(C)C1. The predicted molar refractivity (Wildman–Crippen MR) is 98.2 cm³/mol. The number of urea groups is 1. The lowest BCUT2D eigenvalue weighted by Crippen LogP contribution is -2.49. The number of nitrogens with zero attached hydrogens (tertiary/aromatic N) is 4. The normalized spacial score (nSPS) is 36.1. The summed E-state index contributed by atoms with van der Waals surface area (Å²) in [7, 11) is 3.59. The van der Waals surface area contributed by atoms with Crippen molar-refractivity contribution in [2.45, 2.75) is 51.1 Å². The second-order valence-corrected chi connectivity index (χ2v) is 9.08. The van der Waals surface area contributed by atoms with Gasteiger partial charge in [0.15, 0.2) is 0 Å². The number of nitrogens with one attached hydrogen (secondary N) is 1. The summed E-state index contributed by atoms with van der Waals surface area (Å²) < 4.78 is 0. The predicted octanol–water partition coefficient (Wildman–Crippen LogP) is 1.26. The van der Waals surface area contributed by atoms with Crippen molar-refractivity contribution in [3.63, 3.8) is 0 Å². The molecule has 2 heterocycles. The molecule has 0 aromatic carbocycles. The molecule has 1 unspecified atom stereocenters. The molecular weight excluding hydrogens is 330 g/mol. The topological polar surface area (TPSA) is 79.7 Å². The molecule has 2 aliphatic heterocycles. The van der Waals surface area contributed by atoms with E-state index in [0.717, 1.165) is 38.8 Å². The zero-order valence-electron chi connectivity index (χ0n) is 16.4. The lowest BCUT2D eigenvalue weighted by atomic mass is 9.82. The van der Waals surface area contributed by atoms with E-state index >= 15 is 0 Å². The number of nitriles is 1. The Labute approximate surface area is 156 Å². The number of rotatable bonds is 3. The lowest BCUT2D eigenvalue weighted by molar-refractivity contribution is -0.130. The molecular formula is C19H31N5O2. The summed E-state index contributed by atoms with van der Waals surface area (Å²) in [6.07, 6.45) is 3.62. The van der Waals surface area contributed by atoms with Crippen LogP contribution in [0.2, 0.25) is 0 Å². The highest BCUT2D eigenvalue weighted by Gasteiger charge is 2.55. The third kappa shape index (κ3) is 3.39. The van der Waals surface area contributed by atoms with Crippen LogP contribution in [0.3, 0.4) is 0 Å². The first-order valence-electron chi connectivity index (χ1n) is 9.58. The van der Waals surface area contributed by atoms with E-state index in [4.69, 9.17) is 5.26 Å². The molecule has 0 bridgehead atoms. The first-order valence-corrected chi connectivity index (χ1v) is 9.58. The maximum absolute atomic E-state index is 12.5. The zero-order chi connectivity index (χ0) is 19.1. The number of carbonyl (C=O) groups excluding carboxylic acids is 2. The van der Waals surface area contributed by atoms with Crippen LogP contribution >= 0.6 is 0 Å². The standard InChI is InChI=1S/C19H31N5O2/c1-18-12-19(2,8-14(18)11-23(13-18)17(26)22(3)4)21-10-16(25)24-7-5-6-15(24)9-20/h14-15,21H,5-8,10-13H2,1-4H3/t14-,15?,18+,19-/m0/s1. The minimum atomic E-state index is -0.261. The molecule has 3 aliphatic rings. The lowest BCUT2D eigenvalue weighted by Gasteiger charge is -2.32. The Bertz CT molecular complexity index is 630. The fourth-order valence-electron chi connectivity index (χ4n) is 5.29. The Hall–Kier alpha value is -1.81. The minimum Gasteiger partial charge on any atom is -0.331 e. The first kappa shape index (κ1) is 19.0. The molecule has 3 amide bonds. The molecule has 1 saturated carbocycles. The number of hydrogen-bond acceptors (Lipinski definition) is 4. The minimum absolute atomic E-state index is 0.0295. The molecule has 2 saturated heterocycles. The van der Waals surface area contributed by atoms with Crippen molar-refractivity contribution in [2.75, 3.05) is 40.3 Å². The van der Waals surface area contributed by atoms with Gasteiger partial charge in [-0.2, -0.15) is 5.26 Å². The van der Waals surface area contributed by atoms with Crippen LogP contribution in [-0.4, -0.2) is 78.5 Å². The molecule has 7 heteroatoms. The maximum atomic E-state index is 12.5. The summed E-state index contributed by atoms with van der Waals surface area (Å²) in [6.45, 7) is 7.01. The first-order chi connectivity index (χ1) is 12.2. The van der Waals surface area contributed by atoms with Crippen LogP contribution in [-0.2, 0) is 4.79 Å². The molecule has 4 atom stereocenters. The molecule has 3 rings (SSSR count). The van der Waals surface area contributed by atoms with E-state index in [1.54, 1.807) is 23.9 Å². The zero-order valence-corrected chi connectivity index (χ0v) is 16.4. The van der Waals surface area contributed by atoms with Gasteiger partial charge in [-0.3, -0.25) is 4.79 Å². The summed E-state index contributed by atoms with van der Waals surface area (Å²) in [5, 5.41) is 12.7. The van der Waals surface area contributed by atoms with Crippen molar-refractivity contribution in [3.8, 4) is 6.07 Å². The van der Waals surface area contributed by atoms with Crippen LogP contribution in [0, 0.1) is 22.7 Å². The summed E-state index contributed by atoms with van der Waals surface area (Å²) >= 11 is 0. The van der Waals surface area contributed by atoms with Crippen LogP contribution in [0.15, 0.2) is 0 Å². The largest absolute Gasteiger partial charge is 0.331 e. The van der Waals surface area contributed by atoms with Gasteiger partial charge in [-0.15, -0.1) is 0 Å². The number of amides is 3. The molecule has 7 nitrogen and oxygen atoms in total. The van der Waals surface area contributed by atoms with Gasteiger partial charge in [-0.1, -0.05) is 6.92 Å². The van der Waals surface area contributed by atoms with Crippen LogP contribution in [0.4, 0.5) is 4.79 Å². The Morgan fingerprint density at radius 1 is 1.35 bits per heavy atom. The summed E-state index contributed by atoms with van der Waals surface area (Å²) in [5.74, 6) is 0.486. The Morgan fingerprint density at radius 2 is 2.08 bits per heavy atom. The van der Waals surface area contributed by atoms with E-state index in [2.05, 4.69) is 25.2 Å². The average Bonchev–Trinajstić information content (AvgIpc) is 3.22. The molecule has 144 valence electrons. The molecule has 0 aromatic heterocycles. The number of likely N-dealkylation sites (tertiary alicyclic amines) is 2. The quantitative estimate of drug-likeness (QED) is 0.821. The Kier molecular flexibility index (Phi) is 4.91. The van der Waals surface area contributed by atoms with Crippen LogP contribution in [0.1, 0.15) is 39.5 Å². The van der Waals surface area contributed by atoms with Crippen molar-refractivity contribution in [3.05, 3.63) is 0 Å². The Balaban J connectivity index is 1.56. The molecule has 0 spiro atoms. The Morgan fingerprint density at radius 3 is 2.69 bits per heavy atom. The monoisotopic (exact) mass is 361 g/mol. The molecule has 26 heavy (non-hydrogen) atoms. The second-order valence-electron chi connectivity index (χ2n) is 9.08. The van der Waals surface area contributed by atoms with E-state index in [1.165, 1.54) is 0 Å². The fraction of sp³-hybridized carbons (Fsp3) is 0.842. The third-order valence-corrected chi connectivity index (χ3v) is 6.51. The van der Waals surface area contributed by atoms with Gasteiger partial charge in [0.1, 0.15) is 6.04 Å². The molecule has 0 aromatic rings. The van der Waals surface area contributed by atoms with Gasteiger partial charge in [0, 0.05) is 39.3 Å². The van der Waals surface area contributed by atoms with E-state index in [0.29, 0.717) is 12.5 Å². The van der Waals surface area contributed by atoms with E-state index < -0.39 is 0 Å². The van der Waals surface area contributed by atoms with Gasteiger partial charge in [-0.25, -0.2) is 4.79 Å². The highest BCUT2D eigenvalue weighted by molar-refractivity contribution is 5.79. The highest BCUT2D eigenvalue weighted by Crippen LogP contribution is 2.52. The maximum Gasteiger partial charge on any atom is 0.319 e. The molecule has 1 aliphatic carbocycles. The van der Waals surface area contributed by atoms with Gasteiger partial charge >= 0.3 is 6.03 Å². The van der Waals surface area contributed by atoms with Crippen LogP contribution < -0.4 is 5.32 Å². The highest BCUT2D eigenvalue weighted by atomic mass is 16.2. The summed E-state index contributed by atoms with van der Waals surface area (Å²) in [4.78, 5) is 30.1. The molecule has 3 fully saturated rings. The van der Waals surface area contributed by atoms with Gasteiger partial charge in [0.25, 0.3) is 0 Å². The van der Waals surface area contributed by atoms with E-state index in [9.17, 15) is 9.59 Å². The molecule has 1 N–H and O–H groups in total. The van der Waals surface area contributed by atoms with E-state index in [-0.39, 0.29) is 35.5 Å². The third-order valence-electron chi connectivity index (χ3n) is 6.51. The summed E-state index contributed by atoms with van der Waals surface area (Å²) in [6, 6.07) is 2.06. The van der Waals surface area contributed by atoms with Gasteiger partial charge < -0.3 is 20.0 Å². The second kappa shape index (κ2) is 6.73. The van der Waals surface area contributed by atoms with Gasteiger partial charge in [0.2, 0.25) is 5.91 Å². The smallest absolute Gasteiger partial charge is 0.319 e. The van der Waals surface area contributed by atoms with Gasteiger partial charge in [-0.05, 0) is 43.9 Å². The van der Waals surface area contributed by atoms with Crippen molar-refractivity contribution in [1.82, 2.24) is 20.0 Å². The van der Waals surface area contributed by atoms with Crippen molar-refractivity contribution in [2.24, 2.45) is 11.3 Å². The van der Waals surface area contributed by atoms with Gasteiger partial charge in [0.05, 0.1) is 12.6 Å². The van der Waals surface area contributed by atoms with Crippen molar-refractivity contribution < 1.29 is 9.59 Å². The van der Waals surface area contributed by atoms with Crippen molar-refractivity contribution >= 4 is 11.9 Å². The molecule has 0 radical (unpaired) electrons. The van der Waals surface area contributed by atoms with Crippen LogP contribution in [0.25, 0.3) is 0 Å².